The molecule has 1 rings (SSSR count). The van der Waals surface area contributed by atoms with E-state index in [4.69, 9.17) is 4.74 Å². The highest BCUT2D eigenvalue weighted by Gasteiger charge is 2.18. The standard InChI is InChI=1S/C9H19NO/c1-3-10-8(2)9-4-6-11-7-5-9/h8-10H,3-7H2,1-2H3. The number of hydrogen-bond acceptors (Lipinski definition) is 2. The molecule has 0 bridgehead atoms. The smallest absolute Gasteiger partial charge is 0.0469 e. The van der Waals surface area contributed by atoms with Crippen molar-refractivity contribution in [1.29, 1.82) is 0 Å². The first-order valence-electron chi connectivity index (χ1n) is 4.65. The first-order chi connectivity index (χ1) is 5.34. The van der Waals surface area contributed by atoms with Crippen molar-refractivity contribution in [1.82, 2.24) is 5.32 Å². The Morgan fingerprint density at radius 2 is 2.09 bits per heavy atom. The maximum absolute atomic E-state index is 5.30. The zero-order valence-electron chi connectivity index (χ0n) is 7.60. The van der Waals surface area contributed by atoms with Gasteiger partial charge in [0.15, 0.2) is 0 Å². The van der Waals surface area contributed by atoms with E-state index in [1.165, 1.54) is 12.8 Å². The predicted octanol–water partition coefficient (Wildman–Crippen LogP) is 1.41. The molecule has 0 aromatic rings. The molecule has 1 aliphatic rings. The van der Waals surface area contributed by atoms with Crippen molar-refractivity contribution in [3.8, 4) is 0 Å². The highest BCUT2D eigenvalue weighted by molar-refractivity contribution is 4.73. The molecular weight excluding hydrogens is 138 g/mol. The summed E-state index contributed by atoms with van der Waals surface area (Å²) in [5.41, 5.74) is 0. The van der Waals surface area contributed by atoms with Gasteiger partial charge in [-0.25, -0.2) is 0 Å². The lowest BCUT2D eigenvalue weighted by Gasteiger charge is -2.28. The fourth-order valence-electron chi connectivity index (χ4n) is 1.70. The molecule has 1 aliphatic heterocycles. The van der Waals surface area contributed by atoms with Gasteiger partial charge in [-0.15, -0.1) is 0 Å². The van der Waals surface area contributed by atoms with Crippen LogP contribution in [0.3, 0.4) is 0 Å². The van der Waals surface area contributed by atoms with Crippen molar-refractivity contribution in [2.45, 2.75) is 32.7 Å². The number of nitrogens with one attached hydrogen (secondary N) is 1. The third-order valence-electron chi connectivity index (χ3n) is 2.50. The summed E-state index contributed by atoms with van der Waals surface area (Å²) in [4.78, 5) is 0. The van der Waals surface area contributed by atoms with Crippen LogP contribution in [0.15, 0.2) is 0 Å². The summed E-state index contributed by atoms with van der Waals surface area (Å²) in [6.45, 7) is 7.44. The van der Waals surface area contributed by atoms with Gasteiger partial charge in [0.05, 0.1) is 0 Å². The first-order valence-corrected chi connectivity index (χ1v) is 4.65. The van der Waals surface area contributed by atoms with Crippen molar-refractivity contribution < 1.29 is 4.74 Å². The molecule has 0 radical (unpaired) electrons. The number of rotatable bonds is 3. The summed E-state index contributed by atoms with van der Waals surface area (Å²) in [5, 5.41) is 3.46. The second-order valence-corrected chi connectivity index (χ2v) is 3.30. The molecule has 66 valence electrons. The fourth-order valence-corrected chi connectivity index (χ4v) is 1.70. The van der Waals surface area contributed by atoms with Crippen LogP contribution < -0.4 is 5.32 Å². The third-order valence-corrected chi connectivity index (χ3v) is 2.50. The normalized spacial score (nSPS) is 23.5. The van der Waals surface area contributed by atoms with Gasteiger partial charge < -0.3 is 10.1 Å². The fraction of sp³-hybridized carbons (Fsp3) is 1.00. The SMILES string of the molecule is CCNC(C)C1CCOCC1. The van der Waals surface area contributed by atoms with Gasteiger partial charge in [0, 0.05) is 19.3 Å². The van der Waals surface area contributed by atoms with E-state index in [1.807, 2.05) is 0 Å². The van der Waals surface area contributed by atoms with Crippen LogP contribution in [0.1, 0.15) is 26.7 Å². The average molecular weight is 157 g/mol. The third kappa shape index (κ3) is 2.80. The Hall–Kier alpha value is -0.0800. The van der Waals surface area contributed by atoms with Gasteiger partial charge in [-0.2, -0.15) is 0 Å². The Kier molecular flexibility index (Phi) is 3.87. The molecule has 0 aromatic heterocycles. The molecule has 11 heavy (non-hydrogen) atoms. The summed E-state index contributed by atoms with van der Waals surface area (Å²) < 4.78 is 5.30. The van der Waals surface area contributed by atoms with E-state index >= 15 is 0 Å². The Labute approximate surface area is 69.3 Å². The number of hydrogen-bond donors (Lipinski definition) is 1. The Bertz CT molecular complexity index is 99.7. The Morgan fingerprint density at radius 3 is 2.64 bits per heavy atom. The van der Waals surface area contributed by atoms with Crippen LogP contribution in [0.5, 0.6) is 0 Å². The molecule has 0 amide bonds. The second-order valence-electron chi connectivity index (χ2n) is 3.30. The van der Waals surface area contributed by atoms with Crippen molar-refractivity contribution in [2.24, 2.45) is 5.92 Å². The highest BCUT2D eigenvalue weighted by atomic mass is 16.5. The Morgan fingerprint density at radius 1 is 1.45 bits per heavy atom. The summed E-state index contributed by atoms with van der Waals surface area (Å²) in [5.74, 6) is 0.837. The maximum atomic E-state index is 5.30. The van der Waals surface area contributed by atoms with E-state index in [0.29, 0.717) is 6.04 Å². The lowest BCUT2D eigenvalue weighted by atomic mass is 9.93. The van der Waals surface area contributed by atoms with Gasteiger partial charge in [0.1, 0.15) is 0 Å². The molecule has 0 aromatic carbocycles. The molecule has 0 spiro atoms. The summed E-state index contributed by atoms with van der Waals surface area (Å²) >= 11 is 0. The van der Waals surface area contributed by atoms with Crippen molar-refractivity contribution in [2.75, 3.05) is 19.8 Å². The molecule has 0 saturated carbocycles. The Balaban J connectivity index is 2.21. The van der Waals surface area contributed by atoms with Crippen molar-refractivity contribution >= 4 is 0 Å². The molecule has 1 heterocycles. The van der Waals surface area contributed by atoms with E-state index < -0.39 is 0 Å². The van der Waals surface area contributed by atoms with Crippen LogP contribution in [0.4, 0.5) is 0 Å². The van der Waals surface area contributed by atoms with E-state index in [9.17, 15) is 0 Å². The molecule has 2 nitrogen and oxygen atoms in total. The lowest BCUT2D eigenvalue weighted by molar-refractivity contribution is 0.0562. The quantitative estimate of drug-likeness (QED) is 0.669. The molecule has 1 atom stereocenters. The summed E-state index contributed by atoms with van der Waals surface area (Å²) in [6.07, 6.45) is 2.46. The van der Waals surface area contributed by atoms with Gasteiger partial charge >= 0.3 is 0 Å². The van der Waals surface area contributed by atoms with Crippen LogP contribution in [-0.4, -0.2) is 25.8 Å². The van der Waals surface area contributed by atoms with Gasteiger partial charge in [0.2, 0.25) is 0 Å². The molecule has 1 saturated heterocycles. The van der Waals surface area contributed by atoms with E-state index in [-0.39, 0.29) is 0 Å². The van der Waals surface area contributed by atoms with Crippen LogP contribution >= 0.6 is 0 Å². The minimum atomic E-state index is 0.670. The van der Waals surface area contributed by atoms with Crippen LogP contribution in [0.2, 0.25) is 0 Å². The molecule has 1 unspecified atom stereocenters. The lowest BCUT2D eigenvalue weighted by Crippen LogP contribution is -2.36. The first kappa shape index (κ1) is 9.01. The average Bonchev–Trinajstić information content (AvgIpc) is 2.07. The van der Waals surface area contributed by atoms with Gasteiger partial charge in [-0.3, -0.25) is 0 Å². The molecule has 1 fully saturated rings. The van der Waals surface area contributed by atoms with Crippen LogP contribution in [0.25, 0.3) is 0 Å². The molecule has 0 aliphatic carbocycles. The van der Waals surface area contributed by atoms with Gasteiger partial charge in [0.25, 0.3) is 0 Å². The summed E-state index contributed by atoms with van der Waals surface area (Å²) in [6, 6.07) is 0.670. The monoisotopic (exact) mass is 157 g/mol. The zero-order valence-corrected chi connectivity index (χ0v) is 7.60. The van der Waals surface area contributed by atoms with E-state index in [0.717, 1.165) is 25.7 Å². The summed E-state index contributed by atoms with van der Waals surface area (Å²) in [7, 11) is 0. The molecule has 2 heteroatoms. The minimum absolute atomic E-state index is 0.670. The van der Waals surface area contributed by atoms with Gasteiger partial charge in [-0.1, -0.05) is 6.92 Å². The predicted molar refractivity (Wildman–Crippen MR) is 46.7 cm³/mol. The molecule has 1 N–H and O–H groups in total. The van der Waals surface area contributed by atoms with E-state index in [2.05, 4.69) is 19.2 Å². The van der Waals surface area contributed by atoms with Gasteiger partial charge in [-0.05, 0) is 32.2 Å². The van der Waals surface area contributed by atoms with Crippen LogP contribution in [0, 0.1) is 5.92 Å². The number of ether oxygens (including phenoxy) is 1. The van der Waals surface area contributed by atoms with E-state index in [1.54, 1.807) is 0 Å². The highest BCUT2D eigenvalue weighted by Crippen LogP contribution is 2.17. The minimum Gasteiger partial charge on any atom is -0.381 e. The van der Waals surface area contributed by atoms with Crippen molar-refractivity contribution in [3.63, 3.8) is 0 Å². The zero-order chi connectivity index (χ0) is 8.10. The van der Waals surface area contributed by atoms with Crippen molar-refractivity contribution in [3.05, 3.63) is 0 Å². The van der Waals surface area contributed by atoms with Crippen LogP contribution in [-0.2, 0) is 4.74 Å². The molecular formula is C9H19NO. The largest absolute Gasteiger partial charge is 0.381 e. The second kappa shape index (κ2) is 4.73. The maximum Gasteiger partial charge on any atom is 0.0469 e. The topological polar surface area (TPSA) is 21.3 Å².